The number of benzene rings is 3. The molecule has 38 heavy (non-hydrogen) atoms. The first-order chi connectivity index (χ1) is 18.4. The fourth-order valence-corrected chi connectivity index (χ4v) is 5.66. The number of carbonyl (C=O) groups excluding carboxylic acids is 1. The third kappa shape index (κ3) is 8.38. The van der Waals surface area contributed by atoms with E-state index in [4.69, 9.17) is 39.5 Å². The zero-order valence-corrected chi connectivity index (χ0v) is 24.1. The minimum Gasteiger partial charge on any atom is -0.497 e. The number of piperidine rings is 1. The summed E-state index contributed by atoms with van der Waals surface area (Å²) in [5.74, 6) is 0.944. The number of hydrogen-bond acceptors (Lipinski definition) is 3. The van der Waals surface area contributed by atoms with Crippen LogP contribution < -0.4 is 10.1 Å². The maximum absolute atomic E-state index is 12.9. The molecular weight excluding hydrogens is 539 g/mol. The highest BCUT2D eigenvalue weighted by molar-refractivity contribution is 6.42. The van der Waals surface area contributed by atoms with Gasteiger partial charge in [0.15, 0.2) is 0 Å². The number of hydrogen-bond donors (Lipinski definition) is 1. The van der Waals surface area contributed by atoms with Crippen LogP contribution in [0.5, 0.6) is 5.75 Å². The van der Waals surface area contributed by atoms with E-state index in [-0.39, 0.29) is 11.9 Å². The number of nitrogens with one attached hydrogen (secondary N) is 1. The number of ether oxygens (including phenoxy) is 1. The normalized spacial score (nSPS) is 14.4. The summed E-state index contributed by atoms with van der Waals surface area (Å²) in [6, 6.07) is 20.1. The summed E-state index contributed by atoms with van der Waals surface area (Å²) in [6.07, 6.45) is 6.02. The van der Waals surface area contributed by atoms with Gasteiger partial charge in [0.1, 0.15) is 5.75 Å². The molecule has 0 bridgehead atoms. The van der Waals surface area contributed by atoms with Crippen molar-refractivity contribution < 1.29 is 9.53 Å². The van der Waals surface area contributed by atoms with Crippen LogP contribution in [0.3, 0.4) is 0 Å². The van der Waals surface area contributed by atoms with E-state index in [1.54, 1.807) is 7.11 Å². The van der Waals surface area contributed by atoms with Crippen LogP contribution in [0.1, 0.15) is 47.9 Å². The summed E-state index contributed by atoms with van der Waals surface area (Å²) < 4.78 is 5.25. The Labute approximate surface area is 241 Å². The van der Waals surface area contributed by atoms with E-state index in [1.165, 1.54) is 11.1 Å². The molecule has 0 aromatic heterocycles. The lowest BCUT2D eigenvalue weighted by Crippen LogP contribution is -2.44. The van der Waals surface area contributed by atoms with Crippen LogP contribution in [0.4, 0.5) is 0 Å². The lowest BCUT2D eigenvalue weighted by atomic mass is 9.97. The quantitative estimate of drug-likeness (QED) is 0.241. The third-order valence-corrected chi connectivity index (χ3v) is 8.30. The minimum absolute atomic E-state index is 0.0675. The average molecular weight is 574 g/mol. The topological polar surface area (TPSA) is 41.6 Å². The molecular formula is C31H35Cl3N2O2. The predicted molar refractivity (Wildman–Crippen MR) is 158 cm³/mol. The molecule has 0 radical (unpaired) electrons. The maximum Gasteiger partial charge on any atom is 0.224 e. The first kappa shape index (κ1) is 28.8. The molecule has 0 aliphatic carbocycles. The van der Waals surface area contributed by atoms with E-state index in [0.29, 0.717) is 16.5 Å². The number of methoxy groups -OCH3 is 1. The van der Waals surface area contributed by atoms with Crippen LogP contribution in [-0.2, 0) is 30.6 Å². The van der Waals surface area contributed by atoms with E-state index in [2.05, 4.69) is 22.3 Å². The van der Waals surface area contributed by atoms with Crippen LogP contribution >= 0.6 is 34.8 Å². The Morgan fingerprint density at radius 3 is 2.32 bits per heavy atom. The second kappa shape index (κ2) is 14.2. The number of nitrogens with zero attached hydrogens (tertiary/aromatic N) is 1. The maximum atomic E-state index is 12.9. The van der Waals surface area contributed by atoms with Crippen molar-refractivity contribution in [3.63, 3.8) is 0 Å². The number of likely N-dealkylation sites (tertiary alicyclic amines) is 1. The molecule has 1 N–H and O–H groups in total. The van der Waals surface area contributed by atoms with Gasteiger partial charge < -0.3 is 10.1 Å². The van der Waals surface area contributed by atoms with Crippen LogP contribution in [0, 0.1) is 0 Å². The number of carbonyl (C=O) groups is 1. The highest BCUT2D eigenvalue weighted by atomic mass is 35.5. The fraction of sp³-hybridized carbons (Fsp3) is 0.387. The highest BCUT2D eigenvalue weighted by Gasteiger charge is 2.21. The largest absolute Gasteiger partial charge is 0.497 e. The molecule has 1 amide bonds. The Morgan fingerprint density at radius 2 is 1.61 bits per heavy atom. The van der Waals surface area contributed by atoms with Crippen LogP contribution in [0.2, 0.25) is 15.1 Å². The standard InChI is InChI=1S/C31H35Cl3N2O2/c1-38-26-12-9-23(10-13-26)21-36-17-15-25(16-18-36)35-31(37)20-24-6-4-8-28(32)27(24)7-3-2-5-22-11-14-29(33)30(34)19-22/h4,6,8-14,19,25H,2-3,5,7,15-18,20-21H2,1H3,(H,35,37). The van der Waals surface area contributed by atoms with Gasteiger partial charge in [-0.2, -0.15) is 0 Å². The minimum atomic E-state index is 0.0675. The van der Waals surface area contributed by atoms with Gasteiger partial charge in [0.2, 0.25) is 5.91 Å². The Kier molecular flexibility index (Phi) is 10.8. The molecule has 0 saturated carbocycles. The number of aryl methyl sites for hydroxylation is 1. The van der Waals surface area contributed by atoms with Gasteiger partial charge in [-0.05, 0) is 91.1 Å². The van der Waals surface area contributed by atoms with Crippen LogP contribution in [-0.4, -0.2) is 37.0 Å². The molecule has 7 heteroatoms. The van der Waals surface area contributed by atoms with E-state index in [0.717, 1.165) is 80.1 Å². The van der Waals surface area contributed by atoms with Gasteiger partial charge in [0.05, 0.1) is 23.6 Å². The molecule has 3 aromatic rings. The van der Waals surface area contributed by atoms with Gasteiger partial charge in [-0.1, -0.05) is 65.1 Å². The van der Waals surface area contributed by atoms with Gasteiger partial charge in [-0.3, -0.25) is 9.69 Å². The van der Waals surface area contributed by atoms with Crippen molar-refractivity contribution in [1.82, 2.24) is 10.2 Å². The molecule has 4 nitrogen and oxygen atoms in total. The average Bonchev–Trinajstić information content (AvgIpc) is 2.91. The molecule has 1 fully saturated rings. The summed E-state index contributed by atoms with van der Waals surface area (Å²) >= 11 is 18.7. The first-order valence-corrected chi connectivity index (χ1v) is 14.4. The van der Waals surface area contributed by atoms with Gasteiger partial charge >= 0.3 is 0 Å². The van der Waals surface area contributed by atoms with Gasteiger partial charge in [0.25, 0.3) is 0 Å². The number of unbranched alkanes of at least 4 members (excludes halogenated alkanes) is 1. The molecule has 1 aliphatic heterocycles. The molecule has 3 aromatic carbocycles. The molecule has 1 heterocycles. The third-order valence-electron chi connectivity index (χ3n) is 7.21. The van der Waals surface area contributed by atoms with Crippen LogP contribution in [0.25, 0.3) is 0 Å². The number of halogens is 3. The summed E-state index contributed by atoms with van der Waals surface area (Å²) in [5.41, 5.74) is 4.54. The zero-order chi connectivity index (χ0) is 26.9. The Bertz CT molecular complexity index is 1210. The summed E-state index contributed by atoms with van der Waals surface area (Å²) in [6.45, 7) is 2.86. The van der Waals surface area contributed by atoms with Crippen molar-refractivity contribution in [1.29, 1.82) is 0 Å². The molecule has 1 saturated heterocycles. The summed E-state index contributed by atoms with van der Waals surface area (Å²) in [4.78, 5) is 15.4. The van der Waals surface area contributed by atoms with Crippen molar-refractivity contribution in [3.05, 3.63) is 98.0 Å². The predicted octanol–water partition coefficient (Wildman–Crippen LogP) is 7.54. The van der Waals surface area contributed by atoms with E-state index >= 15 is 0 Å². The number of amides is 1. The van der Waals surface area contributed by atoms with Gasteiger partial charge in [0, 0.05) is 30.7 Å². The van der Waals surface area contributed by atoms with Gasteiger partial charge in [-0.25, -0.2) is 0 Å². The second-order valence-corrected chi connectivity index (χ2v) is 11.2. The molecule has 202 valence electrons. The van der Waals surface area contributed by atoms with Crippen molar-refractivity contribution in [3.8, 4) is 5.75 Å². The SMILES string of the molecule is COc1ccc(CN2CCC(NC(=O)Cc3cccc(Cl)c3CCCCc3ccc(Cl)c(Cl)c3)CC2)cc1. The lowest BCUT2D eigenvalue weighted by molar-refractivity contribution is -0.121. The Morgan fingerprint density at radius 1 is 0.895 bits per heavy atom. The van der Waals surface area contributed by atoms with E-state index in [9.17, 15) is 4.79 Å². The van der Waals surface area contributed by atoms with Crippen molar-refractivity contribution >= 4 is 40.7 Å². The molecule has 4 rings (SSSR count). The second-order valence-electron chi connectivity index (χ2n) is 9.98. The van der Waals surface area contributed by atoms with Crippen molar-refractivity contribution in [2.24, 2.45) is 0 Å². The van der Waals surface area contributed by atoms with Crippen LogP contribution in [0.15, 0.2) is 60.7 Å². The Balaban J connectivity index is 1.22. The highest BCUT2D eigenvalue weighted by Crippen LogP contribution is 2.26. The molecule has 0 spiro atoms. The summed E-state index contributed by atoms with van der Waals surface area (Å²) in [5, 5.41) is 5.16. The first-order valence-electron chi connectivity index (χ1n) is 13.3. The van der Waals surface area contributed by atoms with Crippen molar-refractivity contribution in [2.45, 2.75) is 57.5 Å². The fourth-order valence-electron chi connectivity index (χ4n) is 5.05. The van der Waals surface area contributed by atoms with Crippen molar-refractivity contribution in [2.75, 3.05) is 20.2 Å². The molecule has 1 aliphatic rings. The molecule has 0 unspecified atom stereocenters. The lowest BCUT2D eigenvalue weighted by Gasteiger charge is -2.32. The number of rotatable bonds is 11. The van der Waals surface area contributed by atoms with Gasteiger partial charge in [-0.15, -0.1) is 0 Å². The zero-order valence-electron chi connectivity index (χ0n) is 21.8. The summed E-state index contributed by atoms with van der Waals surface area (Å²) in [7, 11) is 1.68. The monoisotopic (exact) mass is 572 g/mol. The smallest absolute Gasteiger partial charge is 0.224 e. The molecule has 0 atom stereocenters. The van der Waals surface area contributed by atoms with E-state index in [1.807, 2.05) is 48.5 Å². The van der Waals surface area contributed by atoms with E-state index < -0.39 is 0 Å². The Hall–Kier alpha value is -2.24.